The summed E-state index contributed by atoms with van der Waals surface area (Å²) in [4.78, 5) is 24.3. The van der Waals surface area contributed by atoms with Crippen molar-refractivity contribution in [3.63, 3.8) is 0 Å². The second kappa shape index (κ2) is 6.08. The summed E-state index contributed by atoms with van der Waals surface area (Å²) in [7, 11) is 0. The van der Waals surface area contributed by atoms with E-state index in [0.717, 1.165) is 5.56 Å². The smallest absolute Gasteiger partial charge is 0.343 e. The molecule has 1 aliphatic rings. The van der Waals surface area contributed by atoms with Crippen molar-refractivity contribution in [2.75, 3.05) is 13.2 Å². The first-order chi connectivity index (χ1) is 11.0. The molecule has 0 amide bonds. The molecule has 0 fully saturated rings. The fourth-order valence-electron chi connectivity index (χ4n) is 2.61. The first kappa shape index (κ1) is 15.6. The van der Waals surface area contributed by atoms with E-state index >= 15 is 0 Å². The van der Waals surface area contributed by atoms with Crippen LogP contribution in [0.2, 0.25) is 5.02 Å². The Hall–Kier alpha value is -2.27. The van der Waals surface area contributed by atoms with E-state index in [2.05, 4.69) is 0 Å². The maximum Gasteiger partial charge on any atom is 0.343 e. The molecule has 2 heterocycles. The first-order valence-corrected chi connectivity index (χ1v) is 7.75. The molecule has 0 radical (unpaired) electrons. The molecule has 0 bridgehead atoms. The van der Waals surface area contributed by atoms with Crippen LogP contribution in [0.15, 0.2) is 35.3 Å². The minimum absolute atomic E-state index is 0.0212. The number of carbonyl (C=O) groups is 1. The number of rotatable bonds is 2. The lowest BCUT2D eigenvalue weighted by atomic mass is 10.1. The molecule has 6 heteroatoms. The Balaban J connectivity index is 2.23. The highest BCUT2D eigenvalue weighted by molar-refractivity contribution is 6.31. The number of aromatic nitrogens is 1. The maximum atomic E-state index is 12.3. The zero-order chi connectivity index (χ0) is 16.6. The molecule has 0 aliphatic carbocycles. The van der Waals surface area contributed by atoms with Crippen molar-refractivity contribution in [2.45, 2.75) is 19.9 Å². The number of fused-ring (bicyclic) bond motifs is 3. The summed E-state index contributed by atoms with van der Waals surface area (Å²) < 4.78 is 12.6. The van der Waals surface area contributed by atoms with Gasteiger partial charge in [-0.1, -0.05) is 11.6 Å². The number of esters is 1. The molecule has 120 valence electrons. The van der Waals surface area contributed by atoms with E-state index in [1.807, 2.05) is 11.5 Å². The van der Waals surface area contributed by atoms with E-state index < -0.39 is 5.97 Å². The second-order valence-electron chi connectivity index (χ2n) is 5.36. The van der Waals surface area contributed by atoms with Gasteiger partial charge >= 0.3 is 5.97 Å². The number of halogens is 1. The second-order valence-corrected chi connectivity index (χ2v) is 5.80. The van der Waals surface area contributed by atoms with Gasteiger partial charge < -0.3 is 14.0 Å². The van der Waals surface area contributed by atoms with Gasteiger partial charge in [0.1, 0.15) is 17.9 Å². The van der Waals surface area contributed by atoms with Gasteiger partial charge in [0, 0.05) is 22.8 Å². The zero-order valence-electron chi connectivity index (χ0n) is 12.8. The summed E-state index contributed by atoms with van der Waals surface area (Å²) in [6, 6.07) is 6.66. The number of nitrogens with zero attached hydrogens (tertiary/aromatic N) is 1. The molecular weight excluding hydrogens is 318 g/mol. The predicted octanol–water partition coefficient (Wildman–Crippen LogP) is 3.30. The third-order valence-corrected chi connectivity index (χ3v) is 3.98. The Morgan fingerprint density at radius 3 is 2.96 bits per heavy atom. The van der Waals surface area contributed by atoms with Gasteiger partial charge in [0.15, 0.2) is 5.43 Å². The van der Waals surface area contributed by atoms with Crippen molar-refractivity contribution in [3.8, 4) is 17.0 Å². The Morgan fingerprint density at radius 1 is 1.43 bits per heavy atom. The van der Waals surface area contributed by atoms with Gasteiger partial charge in [-0.05, 0) is 32.0 Å². The van der Waals surface area contributed by atoms with Gasteiger partial charge in [0.2, 0.25) is 0 Å². The van der Waals surface area contributed by atoms with Crippen molar-refractivity contribution < 1.29 is 14.3 Å². The molecule has 1 atom stereocenters. The molecule has 0 N–H and O–H groups in total. The molecule has 2 aromatic rings. The minimum Gasteiger partial charge on any atom is -0.491 e. The molecular formula is C17H16ClNO4. The van der Waals surface area contributed by atoms with Crippen molar-refractivity contribution >= 4 is 17.6 Å². The van der Waals surface area contributed by atoms with Crippen molar-refractivity contribution in [1.82, 2.24) is 4.57 Å². The summed E-state index contributed by atoms with van der Waals surface area (Å²) in [6.07, 6.45) is 1.54. The molecule has 3 rings (SSSR count). The number of pyridine rings is 1. The van der Waals surface area contributed by atoms with Gasteiger partial charge in [0.05, 0.1) is 18.3 Å². The lowest BCUT2D eigenvalue weighted by Crippen LogP contribution is -2.22. The average Bonchev–Trinajstić information content (AvgIpc) is 2.64. The number of hydrogen-bond donors (Lipinski definition) is 0. The molecule has 0 spiro atoms. The molecule has 1 aliphatic heterocycles. The number of benzene rings is 1. The van der Waals surface area contributed by atoms with Crippen molar-refractivity contribution in [1.29, 1.82) is 0 Å². The molecule has 5 nitrogen and oxygen atoms in total. The predicted molar refractivity (Wildman–Crippen MR) is 87.3 cm³/mol. The van der Waals surface area contributed by atoms with Crippen LogP contribution in [0.25, 0.3) is 11.3 Å². The maximum absolute atomic E-state index is 12.3. The number of carbonyl (C=O) groups excluding carboxylic acids is 1. The van der Waals surface area contributed by atoms with E-state index in [4.69, 9.17) is 21.1 Å². The Kier molecular flexibility index (Phi) is 4.13. The van der Waals surface area contributed by atoms with Crippen LogP contribution in [-0.2, 0) is 4.74 Å². The monoisotopic (exact) mass is 333 g/mol. The van der Waals surface area contributed by atoms with Crippen LogP contribution in [0.3, 0.4) is 0 Å². The normalized spacial score (nSPS) is 15.9. The molecule has 23 heavy (non-hydrogen) atoms. The summed E-state index contributed by atoms with van der Waals surface area (Å²) in [6.45, 7) is 4.30. The van der Waals surface area contributed by atoms with Gasteiger partial charge in [-0.25, -0.2) is 4.79 Å². The standard InChI is InChI=1S/C17H16ClNO4/c1-3-22-17(21)13-8-19-10(2)9-23-16-5-4-11(18)6-12(16)14(19)7-15(13)20/h4-8,10H,3,9H2,1-2H3/t10-/m1/s1. The SMILES string of the molecule is CCOC(=O)c1cn2c(cc1=O)-c1cc(Cl)ccc1OC[C@H]2C. The highest BCUT2D eigenvalue weighted by Crippen LogP contribution is 2.36. The van der Waals surface area contributed by atoms with E-state index in [1.54, 1.807) is 31.3 Å². The summed E-state index contributed by atoms with van der Waals surface area (Å²) in [5, 5.41) is 0.551. The summed E-state index contributed by atoms with van der Waals surface area (Å²) in [5.41, 5.74) is 1.04. The Labute approximate surface area is 138 Å². The first-order valence-electron chi connectivity index (χ1n) is 7.37. The van der Waals surface area contributed by atoms with Crippen LogP contribution >= 0.6 is 11.6 Å². The zero-order valence-corrected chi connectivity index (χ0v) is 13.6. The molecule has 1 aromatic heterocycles. The highest BCUT2D eigenvalue weighted by Gasteiger charge is 2.23. The lowest BCUT2D eigenvalue weighted by molar-refractivity contribution is 0.0523. The van der Waals surface area contributed by atoms with E-state index in [0.29, 0.717) is 23.1 Å². The number of ether oxygens (including phenoxy) is 2. The van der Waals surface area contributed by atoms with Gasteiger partial charge in [-0.2, -0.15) is 0 Å². The van der Waals surface area contributed by atoms with Crippen LogP contribution in [0.1, 0.15) is 30.2 Å². The molecule has 0 unspecified atom stereocenters. The summed E-state index contributed by atoms with van der Waals surface area (Å²) in [5.74, 6) is 0.0484. The van der Waals surface area contributed by atoms with Crippen LogP contribution in [0, 0.1) is 0 Å². The average molecular weight is 334 g/mol. The minimum atomic E-state index is -0.614. The Bertz CT molecular complexity index is 828. The number of hydrogen-bond acceptors (Lipinski definition) is 4. The van der Waals surface area contributed by atoms with Crippen LogP contribution in [0.5, 0.6) is 5.75 Å². The van der Waals surface area contributed by atoms with Crippen LogP contribution < -0.4 is 10.2 Å². The van der Waals surface area contributed by atoms with Crippen LogP contribution in [0.4, 0.5) is 0 Å². The molecule has 0 saturated carbocycles. The van der Waals surface area contributed by atoms with E-state index in [-0.39, 0.29) is 23.6 Å². The van der Waals surface area contributed by atoms with Gasteiger partial charge in [0.25, 0.3) is 0 Å². The van der Waals surface area contributed by atoms with Crippen LogP contribution in [-0.4, -0.2) is 23.8 Å². The summed E-state index contributed by atoms with van der Waals surface area (Å²) >= 11 is 6.08. The molecule has 1 aromatic carbocycles. The fraction of sp³-hybridized carbons (Fsp3) is 0.294. The van der Waals surface area contributed by atoms with Crippen molar-refractivity contribution in [2.24, 2.45) is 0 Å². The van der Waals surface area contributed by atoms with Gasteiger partial charge in [-0.3, -0.25) is 4.79 Å². The third-order valence-electron chi connectivity index (χ3n) is 3.75. The quantitative estimate of drug-likeness (QED) is 0.791. The van der Waals surface area contributed by atoms with Crippen molar-refractivity contribution in [3.05, 3.63) is 51.3 Å². The highest BCUT2D eigenvalue weighted by atomic mass is 35.5. The molecule has 0 saturated heterocycles. The van der Waals surface area contributed by atoms with Gasteiger partial charge in [-0.15, -0.1) is 0 Å². The van der Waals surface area contributed by atoms with E-state index in [9.17, 15) is 9.59 Å². The Morgan fingerprint density at radius 2 is 2.22 bits per heavy atom. The largest absolute Gasteiger partial charge is 0.491 e. The lowest BCUT2D eigenvalue weighted by Gasteiger charge is -2.17. The third kappa shape index (κ3) is 2.84. The van der Waals surface area contributed by atoms with E-state index in [1.165, 1.54) is 6.07 Å². The topological polar surface area (TPSA) is 57.5 Å². The fourth-order valence-corrected chi connectivity index (χ4v) is 2.78.